The number of likely N-dealkylation sites (tertiary alicyclic amines) is 1. The van der Waals surface area contributed by atoms with Crippen molar-refractivity contribution in [2.45, 2.75) is 46.2 Å². The number of aromatic hydroxyl groups is 1. The quantitative estimate of drug-likeness (QED) is 0.444. The third-order valence-electron chi connectivity index (χ3n) is 6.71. The molecule has 0 spiro atoms. The maximum Gasteiger partial charge on any atom is 0.309 e. The van der Waals surface area contributed by atoms with Crippen LogP contribution in [0.1, 0.15) is 55.3 Å². The third kappa shape index (κ3) is 5.49. The summed E-state index contributed by atoms with van der Waals surface area (Å²) >= 11 is 0. The van der Waals surface area contributed by atoms with Gasteiger partial charge >= 0.3 is 5.97 Å². The Morgan fingerprint density at radius 3 is 2.47 bits per heavy atom. The van der Waals surface area contributed by atoms with Crippen LogP contribution >= 0.6 is 0 Å². The number of carbonyl (C=O) groups excluding carboxylic acids is 1. The molecule has 3 heterocycles. The Morgan fingerprint density at radius 2 is 1.86 bits per heavy atom. The maximum atomic E-state index is 13.9. The summed E-state index contributed by atoms with van der Waals surface area (Å²) in [6, 6.07) is 12.4. The number of furan rings is 1. The predicted octanol–water partition coefficient (Wildman–Crippen LogP) is 4.27. The fourth-order valence-electron chi connectivity index (χ4n) is 4.91. The van der Waals surface area contributed by atoms with Crippen molar-refractivity contribution in [3.05, 3.63) is 81.7 Å². The first-order chi connectivity index (χ1) is 17.4. The van der Waals surface area contributed by atoms with Crippen molar-refractivity contribution in [1.82, 2.24) is 9.47 Å². The minimum Gasteiger partial charge on any atom is -0.507 e. The highest BCUT2D eigenvalue weighted by atomic mass is 16.5. The number of aryl methyl sites for hydroxylation is 1. The van der Waals surface area contributed by atoms with Gasteiger partial charge in [0.1, 0.15) is 17.3 Å². The van der Waals surface area contributed by atoms with E-state index >= 15 is 0 Å². The molecule has 4 rings (SSSR count). The van der Waals surface area contributed by atoms with Crippen molar-refractivity contribution in [2.75, 3.05) is 26.3 Å². The van der Waals surface area contributed by atoms with Gasteiger partial charge in [-0.05, 0) is 82.6 Å². The van der Waals surface area contributed by atoms with E-state index in [1.807, 2.05) is 44.2 Å². The minimum atomic E-state index is -0.486. The van der Waals surface area contributed by atoms with Gasteiger partial charge in [-0.25, -0.2) is 0 Å². The van der Waals surface area contributed by atoms with Crippen molar-refractivity contribution >= 4 is 5.97 Å². The summed E-state index contributed by atoms with van der Waals surface area (Å²) < 4.78 is 17.9. The second kappa shape index (κ2) is 11.5. The maximum absolute atomic E-state index is 13.9. The second-order valence-corrected chi connectivity index (χ2v) is 9.02. The van der Waals surface area contributed by atoms with Crippen LogP contribution in [0.4, 0.5) is 0 Å². The molecule has 0 bridgehead atoms. The lowest BCUT2D eigenvalue weighted by Crippen LogP contribution is -2.42. The number of aromatic nitrogens is 1. The molecule has 1 aromatic carbocycles. The Morgan fingerprint density at radius 1 is 1.14 bits per heavy atom. The standard InChI is InChI=1S/C28H34N2O6/c1-4-34-22-10-8-20(9-11-22)26(29-14-12-21(13-15-29)28(33)35-5-2)25-24(31)17-19(3)30(27(25)32)18-23-7-6-16-36-23/h6-11,16-17,21,26,31H,4-5,12-15,18H2,1-3H3/t26-/m0/s1. The molecule has 192 valence electrons. The van der Waals surface area contributed by atoms with Crippen molar-refractivity contribution in [3.63, 3.8) is 0 Å². The number of hydrogen-bond acceptors (Lipinski definition) is 7. The first kappa shape index (κ1) is 25.6. The Balaban J connectivity index is 1.73. The monoisotopic (exact) mass is 494 g/mol. The molecule has 36 heavy (non-hydrogen) atoms. The summed E-state index contributed by atoms with van der Waals surface area (Å²) in [5, 5.41) is 11.1. The van der Waals surface area contributed by atoms with Crippen LogP contribution in [0.25, 0.3) is 0 Å². The third-order valence-corrected chi connectivity index (χ3v) is 6.71. The van der Waals surface area contributed by atoms with Gasteiger partial charge in [0.05, 0.1) is 43.5 Å². The normalized spacial score (nSPS) is 15.5. The second-order valence-electron chi connectivity index (χ2n) is 9.02. The number of benzene rings is 1. The van der Waals surface area contributed by atoms with Gasteiger partial charge in [-0.15, -0.1) is 0 Å². The predicted molar refractivity (Wildman–Crippen MR) is 135 cm³/mol. The van der Waals surface area contributed by atoms with Crippen LogP contribution in [0.15, 0.2) is 57.9 Å². The van der Waals surface area contributed by atoms with E-state index in [0.717, 1.165) is 11.3 Å². The van der Waals surface area contributed by atoms with Crippen molar-refractivity contribution < 1.29 is 23.8 Å². The van der Waals surface area contributed by atoms with Crippen LogP contribution in [0, 0.1) is 12.8 Å². The van der Waals surface area contributed by atoms with Gasteiger partial charge in [0.2, 0.25) is 0 Å². The van der Waals surface area contributed by atoms with E-state index in [9.17, 15) is 14.7 Å². The molecule has 0 saturated carbocycles. The summed E-state index contributed by atoms with van der Waals surface area (Å²) in [6.07, 6.45) is 2.83. The highest BCUT2D eigenvalue weighted by Crippen LogP contribution is 2.36. The number of rotatable bonds is 9. The van der Waals surface area contributed by atoms with Crippen LogP contribution in [-0.2, 0) is 16.1 Å². The summed E-state index contributed by atoms with van der Waals surface area (Å²) in [5.41, 5.74) is 1.55. The van der Waals surface area contributed by atoms with E-state index in [-0.39, 0.29) is 29.7 Å². The van der Waals surface area contributed by atoms with Gasteiger partial charge in [0.15, 0.2) is 0 Å². The zero-order valence-electron chi connectivity index (χ0n) is 21.1. The molecule has 1 aliphatic rings. The van der Waals surface area contributed by atoms with E-state index in [1.165, 1.54) is 0 Å². The number of hydrogen-bond donors (Lipinski definition) is 1. The summed E-state index contributed by atoms with van der Waals surface area (Å²) in [5.74, 6) is 1.02. The van der Waals surface area contributed by atoms with Gasteiger partial charge in [-0.2, -0.15) is 0 Å². The smallest absolute Gasteiger partial charge is 0.309 e. The SMILES string of the molecule is CCOC(=O)C1CCN([C@@H](c2ccc(OCC)cc2)c2c(O)cc(C)n(Cc3ccco3)c2=O)CC1. The molecule has 0 amide bonds. The number of carbonyl (C=O) groups is 1. The van der Waals surface area contributed by atoms with Crippen LogP contribution < -0.4 is 10.3 Å². The van der Waals surface area contributed by atoms with Gasteiger partial charge in [0, 0.05) is 5.69 Å². The van der Waals surface area contributed by atoms with E-state index in [2.05, 4.69) is 4.90 Å². The van der Waals surface area contributed by atoms with Crippen molar-refractivity contribution in [3.8, 4) is 11.5 Å². The number of pyridine rings is 1. The molecule has 0 radical (unpaired) electrons. The Kier molecular flexibility index (Phi) is 8.15. The largest absolute Gasteiger partial charge is 0.507 e. The fraction of sp³-hybridized carbons (Fsp3) is 0.429. The van der Waals surface area contributed by atoms with Gasteiger partial charge in [-0.1, -0.05) is 12.1 Å². The number of nitrogens with zero attached hydrogens (tertiary/aromatic N) is 2. The molecule has 8 nitrogen and oxygen atoms in total. The zero-order valence-corrected chi connectivity index (χ0v) is 21.1. The minimum absolute atomic E-state index is 0.0420. The number of esters is 1. The fourth-order valence-corrected chi connectivity index (χ4v) is 4.91. The molecule has 1 atom stereocenters. The molecule has 2 aromatic heterocycles. The lowest BCUT2D eigenvalue weighted by molar-refractivity contribution is -0.149. The summed E-state index contributed by atoms with van der Waals surface area (Å²) in [6.45, 7) is 7.90. The van der Waals surface area contributed by atoms with Gasteiger partial charge in [0.25, 0.3) is 5.56 Å². The average molecular weight is 495 g/mol. The molecule has 1 fully saturated rings. The molecule has 3 aromatic rings. The van der Waals surface area contributed by atoms with Gasteiger partial charge in [-0.3, -0.25) is 14.5 Å². The van der Waals surface area contributed by atoms with Crippen molar-refractivity contribution in [2.24, 2.45) is 5.92 Å². The van der Waals surface area contributed by atoms with Crippen molar-refractivity contribution in [1.29, 1.82) is 0 Å². The average Bonchev–Trinajstić information content (AvgIpc) is 3.39. The van der Waals surface area contributed by atoms with Crippen LogP contribution in [0.2, 0.25) is 0 Å². The zero-order chi connectivity index (χ0) is 25.7. The highest BCUT2D eigenvalue weighted by molar-refractivity contribution is 5.72. The van der Waals surface area contributed by atoms with Crippen LogP contribution in [0.5, 0.6) is 11.5 Å². The number of piperidine rings is 1. The van der Waals surface area contributed by atoms with E-state index in [1.54, 1.807) is 29.9 Å². The molecular weight excluding hydrogens is 460 g/mol. The molecule has 1 aliphatic heterocycles. The van der Waals surface area contributed by atoms with Gasteiger partial charge < -0.3 is 23.6 Å². The number of ether oxygens (including phenoxy) is 2. The van der Waals surface area contributed by atoms with E-state index < -0.39 is 6.04 Å². The lowest BCUT2D eigenvalue weighted by Gasteiger charge is -2.37. The van der Waals surface area contributed by atoms with Crippen LogP contribution in [-0.4, -0.2) is 46.8 Å². The van der Waals surface area contributed by atoms with E-state index in [4.69, 9.17) is 13.9 Å². The highest BCUT2D eigenvalue weighted by Gasteiger charge is 2.34. The summed E-state index contributed by atoms with van der Waals surface area (Å²) in [7, 11) is 0. The molecule has 1 saturated heterocycles. The van der Waals surface area contributed by atoms with Crippen LogP contribution in [0.3, 0.4) is 0 Å². The molecule has 8 heteroatoms. The summed E-state index contributed by atoms with van der Waals surface area (Å²) in [4.78, 5) is 28.3. The molecule has 1 N–H and O–H groups in total. The molecule has 0 aliphatic carbocycles. The first-order valence-corrected chi connectivity index (χ1v) is 12.5. The Bertz CT molecular complexity index is 1210. The lowest BCUT2D eigenvalue weighted by atomic mass is 9.91. The van der Waals surface area contributed by atoms with E-state index in [0.29, 0.717) is 56.2 Å². The Labute approximate surface area is 211 Å². The topological polar surface area (TPSA) is 94.1 Å². The Hall–Kier alpha value is -3.52. The first-order valence-electron chi connectivity index (χ1n) is 12.5. The molecule has 0 unspecified atom stereocenters. The molecular formula is C28H34N2O6.